The Kier molecular flexibility index (Phi) is 5.62. The van der Waals surface area contributed by atoms with Gasteiger partial charge in [0.1, 0.15) is 17.3 Å². The van der Waals surface area contributed by atoms with Crippen LogP contribution in [0.1, 0.15) is 35.4 Å². The molecule has 6 heteroatoms. The lowest BCUT2D eigenvalue weighted by Crippen LogP contribution is -2.29. The number of rotatable bonds is 6. The molecule has 0 aliphatic carbocycles. The van der Waals surface area contributed by atoms with Gasteiger partial charge in [0.15, 0.2) is 0 Å². The number of Topliss-reactive ketones (excluding diaryl/α,β-unsaturated/α-hetero) is 1. The Balaban J connectivity index is 1.82. The molecule has 0 radical (unpaired) electrons. The molecule has 2 heterocycles. The number of aliphatic hydroxyl groups excluding tert-OH is 1. The van der Waals surface area contributed by atoms with Gasteiger partial charge in [-0.2, -0.15) is 0 Å². The van der Waals surface area contributed by atoms with Gasteiger partial charge in [-0.05, 0) is 43.7 Å². The first kappa shape index (κ1) is 20.5. The van der Waals surface area contributed by atoms with Crippen molar-refractivity contribution in [3.63, 3.8) is 0 Å². The predicted molar refractivity (Wildman–Crippen MR) is 115 cm³/mol. The van der Waals surface area contributed by atoms with Gasteiger partial charge >= 0.3 is 0 Å². The molecule has 0 bridgehead atoms. The molecule has 1 unspecified atom stereocenters. The van der Waals surface area contributed by atoms with Crippen LogP contribution in [0.5, 0.6) is 5.75 Å². The summed E-state index contributed by atoms with van der Waals surface area (Å²) in [5, 5.41) is 11.0. The number of nitrogens with zero attached hydrogens (tertiary/aromatic N) is 1. The van der Waals surface area contributed by atoms with Gasteiger partial charge < -0.3 is 19.2 Å². The minimum absolute atomic E-state index is 0.0598. The maximum atomic E-state index is 13.0. The van der Waals surface area contributed by atoms with E-state index in [1.165, 1.54) is 11.2 Å². The van der Waals surface area contributed by atoms with Gasteiger partial charge in [0.25, 0.3) is 11.7 Å². The van der Waals surface area contributed by atoms with Crippen molar-refractivity contribution >= 4 is 17.4 Å². The summed E-state index contributed by atoms with van der Waals surface area (Å²) < 4.78 is 10.9. The van der Waals surface area contributed by atoms with Crippen molar-refractivity contribution in [2.45, 2.75) is 26.4 Å². The lowest BCUT2D eigenvalue weighted by Gasteiger charge is -2.24. The van der Waals surface area contributed by atoms with Crippen LogP contribution in [0.2, 0.25) is 0 Å². The number of benzene rings is 2. The summed E-state index contributed by atoms with van der Waals surface area (Å²) in [6.45, 7) is 4.48. The van der Waals surface area contributed by atoms with Crippen LogP contribution in [0, 0.1) is 6.92 Å². The summed E-state index contributed by atoms with van der Waals surface area (Å²) in [6, 6.07) is 17.1. The molecule has 1 atom stereocenters. The first-order chi connectivity index (χ1) is 15.0. The zero-order valence-corrected chi connectivity index (χ0v) is 17.4. The Morgan fingerprint density at radius 2 is 1.77 bits per heavy atom. The maximum absolute atomic E-state index is 13.0. The van der Waals surface area contributed by atoms with Crippen LogP contribution >= 0.6 is 0 Å². The molecule has 3 aromatic rings. The summed E-state index contributed by atoms with van der Waals surface area (Å²) >= 11 is 0. The first-order valence-corrected chi connectivity index (χ1v) is 10.1. The Hall–Kier alpha value is -3.80. The molecule has 1 aliphatic heterocycles. The van der Waals surface area contributed by atoms with Crippen LogP contribution in [0.15, 0.2) is 76.9 Å². The molecular formula is C25H23NO5. The molecule has 6 nitrogen and oxygen atoms in total. The molecular weight excluding hydrogens is 394 g/mol. The number of aryl methyl sites for hydroxylation is 1. The van der Waals surface area contributed by atoms with E-state index in [0.29, 0.717) is 29.2 Å². The number of furan rings is 1. The zero-order valence-electron chi connectivity index (χ0n) is 17.4. The zero-order chi connectivity index (χ0) is 22.0. The van der Waals surface area contributed by atoms with Gasteiger partial charge in [-0.15, -0.1) is 0 Å². The van der Waals surface area contributed by atoms with Crippen molar-refractivity contribution in [3.8, 4) is 5.75 Å². The molecule has 1 aromatic heterocycles. The standard InChI is InChI=1S/C25H23NO5/c1-3-30-19-12-10-17(11-13-19)22-21(23(27)18-8-6-16(2)7-9-18)24(28)25(29)26(22)15-20-5-4-14-31-20/h4-14,22,27H,3,15H2,1-2H3. The van der Waals surface area contributed by atoms with E-state index in [1.54, 1.807) is 48.5 Å². The SMILES string of the molecule is CCOc1ccc(C2C(=C(O)c3ccc(C)cc3)C(=O)C(=O)N2Cc2ccco2)cc1. The topological polar surface area (TPSA) is 80.0 Å². The highest BCUT2D eigenvalue weighted by Crippen LogP contribution is 2.40. The molecule has 1 saturated heterocycles. The van der Waals surface area contributed by atoms with Crippen molar-refractivity contribution < 1.29 is 23.8 Å². The third-order valence-corrected chi connectivity index (χ3v) is 5.28. The molecule has 1 N–H and O–H groups in total. The lowest BCUT2D eigenvalue weighted by molar-refractivity contribution is -0.140. The minimum atomic E-state index is -0.748. The molecule has 1 amide bonds. The number of ketones is 1. The van der Waals surface area contributed by atoms with Gasteiger partial charge in [-0.25, -0.2) is 0 Å². The van der Waals surface area contributed by atoms with E-state index in [2.05, 4.69) is 0 Å². The van der Waals surface area contributed by atoms with Crippen molar-refractivity contribution in [3.05, 3.63) is 95.0 Å². The van der Waals surface area contributed by atoms with Gasteiger partial charge in [0.05, 0.1) is 31.0 Å². The summed E-state index contributed by atoms with van der Waals surface area (Å²) in [4.78, 5) is 27.4. The highest BCUT2D eigenvalue weighted by atomic mass is 16.5. The van der Waals surface area contributed by atoms with Crippen LogP contribution < -0.4 is 4.74 Å². The van der Waals surface area contributed by atoms with Crippen molar-refractivity contribution in [2.24, 2.45) is 0 Å². The van der Waals surface area contributed by atoms with E-state index in [9.17, 15) is 14.7 Å². The summed E-state index contributed by atoms with van der Waals surface area (Å²) in [5.74, 6) is -0.354. The van der Waals surface area contributed by atoms with E-state index in [-0.39, 0.29) is 17.9 Å². The minimum Gasteiger partial charge on any atom is -0.507 e. The highest BCUT2D eigenvalue weighted by molar-refractivity contribution is 6.46. The fourth-order valence-electron chi connectivity index (χ4n) is 3.74. The summed E-state index contributed by atoms with van der Waals surface area (Å²) in [5.41, 5.74) is 2.27. The quantitative estimate of drug-likeness (QED) is 0.360. The van der Waals surface area contributed by atoms with Crippen molar-refractivity contribution in [1.82, 2.24) is 4.90 Å². The van der Waals surface area contributed by atoms with E-state index in [0.717, 1.165) is 5.56 Å². The second-order valence-electron chi connectivity index (χ2n) is 7.37. The number of aliphatic hydroxyl groups is 1. The Morgan fingerprint density at radius 3 is 2.39 bits per heavy atom. The summed E-state index contributed by atoms with van der Waals surface area (Å²) in [7, 11) is 0. The van der Waals surface area contributed by atoms with Gasteiger partial charge in [-0.3, -0.25) is 9.59 Å². The van der Waals surface area contributed by atoms with Gasteiger partial charge in [0.2, 0.25) is 0 Å². The molecule has 0 spiro atoms. The highest BCUT2D eigenvalue weighted by Gasteiger charge is 2.46. The third-order valence-electron chi connectivity index (χ3n) is 5.28. The van der Waals surface area contributed by atoms with Crippen LogP contribution in [-0.4, -0.2) is 28.3 Å². The van der Waals surface area contributed by atoms with E-state index >= 15 is 0 Å². The molecule has 2 aromatic carbocycles. The molecule has 1 fully saturated rings. The van der Waals surface area contributed by atoms with Crippen LogP contribution in [0.25, 0.3) is 5.76 Å². The number of hydrogen-bond acceptors (Lipinski definition) is 5. The van der Waals surface area contributed by atoms with E-state index in [4.69, 9.17) is 9.15 Å². The van der Waals surface area contributed by atoms with E-state index < -0.39 is 17.7 Å². The van der Waals surface area contributed by atoms with Crippen LogP contribution in [0.4, 0.5) is 0 Å². The Morgan fingerprint density at radius 1 is 1.06 bits per heavy atom. The molecule has 31 heavy (non-hydrogen) atoms. The first-order valence-electron chi connectivity index (χ1n) is 10.1. The largest absolute Gasteiger partial charge is 0.507 e. The van der Waals surface area contributed by atoms with Crippen LogP contribution in [0.3, 0.4) is 0 Å². The number of hydrogen-bond donors (Lipinski definition) is 1. The van der Waals surface area contributed by atoms with Gasteiger partial charge in [0, 0.05) is 5.56 Å². The smallest absolute Gasteiger partial charge is 0.296 e. The number of likely N-dealkylation sites (tertiary alicyclic amines) is 1. The predicted octanol–water partition coefficient (Wildman–Crippen LogP) is 4.61. The molecule has 4 rings (SSSR count). The summed E-state index contributed by atoms with van der Waals surface area (Å²) in [6.07, 6.45) is 1.52. The van der Waals surface area contributed by atoms with Crippen LogP contribution in [-0.2, 0) is 16.1 Å². The number of carbonyl (C=O) groups is 2. The fourth-order valence-corrected chi connectivity index (χ4v) is 3.74. The van der Waals surface area contributed by atoms with Crippen molar-refractivity contribution in [2.75, 3.05) is 6.61 Å². The van der Waals surface area contributed by atoms with Crippen molar-refractivity contribution in [1.29, 1.82) is 0 Å². The average Bonchev–Trinajstić information content (AvgIpc) is 3.37. The molecule has 1 aliphatic rings. The number of amides is 1. The third kappa shape index (κ3) is 3.97. The number of carbonyl (C=O) groups excluding carboxylic acids is 2. The molecule has 158 valence electrons. The monoisotopic (exact) mass is 417 g/mol. The second kappa shape index (κ2) is 8.52. The molecule has 0 saturated carbocycles. The Bertz CT molecular complexity index is 1110. The van der Waals surface area contributed by atoms with Gasteiger partial charge in [-0.1, -0.05) is 42.0 Å². The Labute approximate surface area is 180 Å². The normalized spacial score (nSPS) is 17.9. The number of ether oxygens (including phenoxy) is 1. The van der Waals surface area contributed by atoms with E-state index in [1.807, 2.05) is 26.0 Å². The average molecular weight is 417 g/mol. The lowest BCUT2D eigenvalue weighted by atomic mass is 9.95. The second-order valence-corrected chi connectivity index (χ2v) is 7.37. The fraction of sp³-hybridized carbons (Fsp3) is 0.200. The maximum Gasteiger partial charge on any atom is 0.296 e.